The Morgan fingerprint density at radius 1 is 1.05 bits per heavy atom. The third kappa shape index (κ3) is 3.36. The standard InChI is InChI=1S/C17H20FNO/c1-11(2)20-15-6-4-5-13(9-15)17-10-14(18)7-8-16(17)12(3)19/h4-12H,19H2,1-3H3. The van der Waals surface area contributed by atoms with E-state index in [1.165, 1.54) is 12.1 Å². The van der Waals surface area contributed by atoms with E-state index in [0.29, 0.717) is 0 Å². The lowest BCUT2D eigenvalue weighted by atomic mass is 9.95. The summed E-state index contributed by atoms with van der Waals surface area (Å²) in [5, 5.41) is 0. The molecule has 20 heavy (non-hydrogen) atoms. The largest absolute Gasteiger partial charge is 0.491 e. The molecule has 0 spiro atoms. The molecule has 0 fully saturated rings. The third-order valence-corrected chi connectivity index (χ3v) is 3.02. The number of benzene rings is 2. The second kappa shape index (κ2) is 6.06. The van der Waals surface area contributed by atoms with Crippen LogP contribution in [0.3, 0.4) is 0 Å². The minimum absolute atomic E-state index is 0.102. The number of nitrogens with two attached hydrogens (primary N) is 1. The van der Waals surface area contributed by atoms with Crippen molar-refractivity contribution in [1.82, 2.24) is 0 Å². The fraction of sp³-hybridized carbons (Fsp3) is 0.294. The maximum absolute atomic E-state index is 13.5. The summed E-state index contributed by atoms with van der Waals surface area (Å²) in [4.78, 5) is 0. The topological polar surface area (TPSA) is 35.2 Å². The molecule has 0 aliphatic rings. The molecule has 2 aromatic rings. The van der Waals surface area contributed by atoms with Crippen molar-refractivity contribution < 1.29 is 9.13 Å². The van der Waals surface area contributed by atoms with E-state index in [1.54, 1.807) is 6.07 Å². The smallest absolute Gasteiger partial charge is 0.123 e. The molecule has 0 bridgehead atoms. The Kier molecular flexibility index (Phi) is 4.40. The lowest BCUT2D eigenvalue weighted by molar-refractivity contribution is 0.242. The molecule has 2 rings (SSSR count). The zero-order valence-corrected chi connectivity index (χ0v) is 12.1. The van der Waals surface area contributed by atoms with Gasteiger partial charge in [-0.2, -0.15) is 0 Å². The molecule has 0 aliphatic carbocycles. The van der Waals surface area contributed by atoms with Crippen LogP contribution in [-0.4, -0.2) is 6.10 Å². The molecule has 0 radical (unpaired) electrons. The highest BCUT2D eigenvalue weighted by Crippen LogP contribution is 2.30. The normalized spacial score (nSPS) is 12.5. The lowest BCUT2D eigenvalue weighted by Gasteiger charge is -2.15. The predicted molar refractivity (Wildman–Crippen MR) is 80.2 cm³/mol. The van der Waals surface area contributed by atoms with E-state index in [2.05, 4.69) is 0 Å². The van der Waals surface area contributed by atoms with Crippen LogP contribution in [-0.2, 0) is 0 Å². The first-order valence-electron chi connectivity index (χ1n) is 6.79. The monoisotopic (exact) mass is 273 g/mol. The molecule has 0 saturated carbocycles. The van der Waals surface area contributed by atoms with Crippen LogP contribution in [0.15, 0.2) is 42.5 Å². The number of rotatable bonds is 4. The van der Waals surface area contributed by atoms with Crippen LogP contribution in [0.4, 0.5) is 4.39 Å². The van der Waals surface area contributed by atoms with Gasteiger partial charge in [0.2, 0.25) is 0 Å². The molecule has 0 saturated heterocycles. The van der Waals surface area contributed by atoms with Gasteiger partial charge in [-0.3, -0.25) is 0 Å². The van der Waals surface area contributed by atoms with Gasteiger partial charge in [0.15, 0.2) is 0 Å². The van der Waals surface area contributed by atoms with Gasteiger partial charge in [0.25, 0.3) is 0 Å². The van der Waals surface area contributed by atoms with Crippen LogP contribution in [0.2, 0.25) is 0 Å². The molecule has 1 atom stereocenters. The summed E-state index contributed by atoms with van der Waals surface area (Å²) in [5.41, 5.74) is 8.62. The zero-order chi connectivity index (χ0) is 14.7. The van der Waals surface area contributed by atoms with E-state index in [9.17, 15) is 4.39 Å². The van der Waals surface area contributed by atoms with Gasteiger partial charge in [-0.15, -0.1) is 0 Å². The van der Waals surface area contributed by atoms with E-state index in [4.69, 9.17) is 10.5 Å². The van der Waals surface area contributed by atoms with E-state index >= 15 is 0 Å². The van der Waals surface area contributed by atoms with E-state index in [1.807, 2.05) is 45.0 Å². The molecule has 2 N–H and O–H groups in total. The molecule has 0 heterocycles. The molecule has 0 amide bonds. The number of halogens is 1. The SMILES string of the molecule is CC(C)Oc1cccc(-c2cc(F)ccc2C(C)N)c1. The highest BCUT2D eigenvalue weighted by Gasteiger charge is 2.11. The van der Waals surface area contributed by atoms with Crippen molar-refractivity contribution in [2.45, 2.75) is 32.9 Å². The summed E-state index contributed by atoms with van der Waals surface area (Å²) < 4.78 is 19.2. The van der Waals surface area contributed by atoms with Crippen LogP contribution < -0.4 is 10.5 Å². The fourth-order valence-corrected chi connectivity index (χ4v) is 2.18. The van der Waals surface area contributed by atoms with Crippen LogP contribution >= 0.6 is 0 Å². The average molecular weight is 273 g/mol. The highest BCUT2D eigenvalue weighted by atomic mass is 19.1. The second-order valence-corrected chi connectivity index (χ2v) is 5.21. The summed E-state index contributed by atoms with van der Waals surface area (Å²) in [6, 6.07) is 12.2. The number of hydrogen-bond acceptors (Lipinski definition) is 2. The van der Waals surface area contributed by atoms with Crippen molar-refractivity contribution in [3.8, 4) is 16.9 Å². The summed E-state index contributed by atoms with van der Waals surface area (Å²) in [6.07, 6.45) is 0.102. The molecule has 2 aromatic carbocycles. The van der Waals surface area contributed by atoms with Crippen molar-refractivity contribution >= 4 is 0 Å². The molecule has 0 aliphatic heterocycles. The Morgan fingerprint density at radius 3 is 2.45 bits per heavy atom. The Hall–Kier alpha value is -1.87. The third-order valence-electron chi connectivity index (χ3n) is 3.02. The maximum atomic E-state index is 13.5. The second-order valence-electron chi connectivity index (χ2n) is 5.21. The summed E-state index contributed by atoms with van der Waals surface area (Å²) in [7, 11) is 0. The minimum Gasteiger partial charge on any atom is -0.491 e. The Morgan fingerprint density at radius 2 is 1.80 bits per heavy atom. The van der Waals surface area contributed by atoms with Gasteiger partial charge < -0.3 is 10.5 Å². The fourth-order valence-electron chi connectivity index (χ4n) is 2.18. The van der Waals surface area contributed by atoms with Crippen molar-refractivity contribution in [3.63, 3.8) is 0 Å². The highest BCUT2D eigenvalue weighted by molar-refractivity contribution is 5.69. The molecule has 2 nitrogen and oxygen atoms in total. The molecule has 1 unspecified atom stereocenters. The Bertz CT molecular complexity index is 593. The Labute approximate surface area is 119 Å². The summed E-state index contributed by atoms with van der Waals surface area (Å²) >= 11 is 0. The van der Waals surface area contributed by atoms with Gasteiger partial charge in [-0.1, -0.05) is 18.2 Å². The first-order chi connectivity index (χ1) is 9.47. The van der Waals surface area contributed by atoms with E-state index in [0.717, 1.165) is 22.4 Å². The first kappa shape index (κ1) is 14.5. The van der Waals surface area contributed by atoms with E-state index in [-0.39, 0.29) is 18.0 Å². The van der Waals surface area contributed by atoms with Crippen molar-refractivity contribution in [2.24, 2.45) is 5.73 Å². The number of ether oxygens (including phenoxy) is 1. The summed E-state index contributed by atoms with van der Waals surface area (Å²) in [5.74, 6) is 0.511. The zero-order valence-electron chi connectivity index (χ0n) is 12.1. The predicted octanol–water partition coefficient (Wildman–Crippen LogP) is 4.30. The molecular weight excluding hydrogens is 253 g/mol. The van der Waals surface area contributed by atoms with Gasteiger partial charge in [0.1, 0.15) is 11.6 Å². The quantitative estimate of drug-likeness (QED) is 0.901. The van der Waals surface area contributed by atoms with Gasteiger partial charge in [0, 0.05) is 6.04 Å². The van der Waals surface area contributed by atoms with Gasteiger partial charge in [-0.25, -0.2) is 4.39 Å². The lowest BCUT2D eigenvalue weighted by Crippen LogP contribution is -2.07. The van der Waals surface area contributed by atoms with Crippen molar-refractivity contribution in [2.75, 3.05) is 0 Å². The van der Waals surface area contributed by atoms with E-state index < -0.39 is 0 Å². The van der Waals surface area contributed by atoms with Crippen LogP contribution in [0.1, 0.15) is 32.4 Å². The maximum Gasteiger partial charge on any atom is 0.123 e. The average Bonchev–Trinajstić information content (AvgIpc) is 2.37. The van der Waals surface area contributed by atoms with Gasteiger partial charge in [-0.05, 0) is 61.7 Å². The summed E-state index contributed by atoms with van der Waals surface area (Å²) in [6.45, 7) is 5.84. The minimum atomic E-state index is -0.264. The van der Waals surface area contributed by atoms with Crippen LogP contribution in [0, 0.1) is 5.82 Å². The van der Waals surface area contributed by atoms with Crippen molar-refractivity contribution in [3.05, 3.63) is 53.8 Å². The molecular formula is C17H20FNO. The molecule has 0 aromatic heterocycles. The van der Waals surface area contributed by atoms with Crippen molar-refractivity contribution in [1.29, 1.82) is 0 Å². The molecule has 3 heteroatoms. The van der Waals surface area contributed by atoms with Crippen LogP contribution in [0.25, 0.3) is 11.1 Å². The Balaban J connectivity index is 2.48. The molecule has 106 valence electrons. The number of hydrogen-bond donors (Lipinski definition) is 1. The van der Waals surface area contributed by atoms with Gasteiger partial charge in [0.05, 0.1) is 6.10 Å². The van der Waals surface area contributed by atoms with Crippen LogP contribution in [0.5, 0.6) is 5.75 Å². The van der Waals surface area contributed by atoms with Gasteiger partial charge >= 0.3 is 0 Å². The first-order valence-corrected chi connectivity index (χ1v) is 6.79.